The van der Waals surface area contributed by atoms with Crippen LogP contribution in [0.5, 0.6) is 0 Å². The number of hydrogen-bond acceptors (Lipinski definition) is 7. The minimum absolute atomic E-state index is 0.0756. The van der Waals surface area contributed by atoms with Crippen LogP contribution in [0.2, 0.25) is 0 Å². The van der Waals surface area contributed by atoms with Gasteiger partial charge in [0.15, 0.2) is 0 Å². The molecule has 20 heavy (non-hydrogen) atoms. The molecule has 0 saturated carbocycles. The molecule has 0 aromatic rings. The van der Waals surface area contributed by atoms with E-state index in [1.165, 1.54) is 0 Å². The summed E-state index contributed by atoms with van der Waals surface area (Å²) < 4.78 is 15.6. The van der Waals surface area contributed by atoms with Gasteiger partial charge in [-0.15, -0.1) is 0 Å². The summed E-state index contributed by atoms with van der Waals surface area (Å²) in [6.45, 7) is 2.35. The van der Waals surface area contributed by atoms with Gasteiger partial charge in [0, 0.05) is 6.61 Å². The van der Waals surface area contributed by atoms with E-state index in [0.29, 0.717) is 6.61 Å². The van der Waals surface area contributed by atoms with E-state index in [1.54, 1.807) is 0 Å². The van der Waals surface area contributed by atoms with Crippen LogP contribution in [0.3, 0.4) is 0 Å². The first-order valence-corrected chi connectivity index (χ1v) is 6.98. The van der Waals surface area contributed by atoms with Crippen LogP contribution in [0.15, 0.2) is 0 Å². The molecule has 0 aliphatic heterocycles. The Morgan fingerprint density at radius 2 is 1.55 bits per heavy atom. The van der Waals surface area contributed by atoms with Crippen molar-refractivity contribution in [2.75, 3.05) is 46.2 Å². The summed E-state index contributed by atoms with van der Waals surface area (Å²) in [4.78, 5) is 0. The van der Waals surface area contributed by atoms with Gasteiger partial charge in [0.05, 0.1) is 39.6 Å². The lowest BCUT2D eigenvalue weighted by Gasteiger charge is -2.18. The highest BCUT2D eigenvalue weighted by Gasteiger charge is 2.12. The Balaban J connectivity index is 3.57. The molecule has 0 aliphatic rings. The quantitative estimate of drug-likeness (QED) is 0.302. The first kappa shape index (κ1) is 19.7. The van der Waals surface area contributed by atoms with Gasteiger partial charge in [0.1, 0.15) is 18.3 Å². The van der Waals surface area contributed by atoms with E-state index < -0.39 is 24.9 Å². The lowest BCUT2D eigenvalue weighted by atomic mass is 10.3. The summed E-state index contributed by atoms with van der Waals surface area (Å²) in [7, 11) is 0. The zero-order valence-electron chi connectivity index (χ0n) is 12.1. The van der Waals surface area contributed by atoms with Gasteiger partial charge in [-0.2, -0.15) is 0 Å². The molecule has 0 saturated heterocycles. The topological polar surface area (TPSA) is 109 Å². The number of unbranched alkanes of at least 4 members (excludes halogenated alkanes) is 1. The van der Waals surface area contributed by atoms with Crippen LogP contribution < -0.4 is 0 Å². The summed E-state index contributed by atoms with van der Waals surface area (Å²) in [6, 6.07) is 0. The van der Waals surface area contributed by atoms with E-state index in [9.17, 15) is 5.11 Å². The van der Waals surface area contributed by atoms with E-state index in [4.69, 9.17) is 29.5 Å². The van der Waals surface area contributed by atoms with Gasteiger partial charge in [0.25, 0.3) is 0 Å². The van der Waals surface area contributed by atoms with E-state index in [-0.39, 0.29) is 33.0 Å². The fourth-order valence-electron chi connectivity index (χ4n) is 1.30. The van der Waals surface area contributed by atoms with Crippen molar-refractivity contribution in [2.24, 2.45) is 0 Å². The Morgan fingerprint density at radius 1 is 0.850 bits per heavy atom. The number of aliphatic hydroxyl groups is 4. The third kappa shape index (κ3) is 11.5. The second-order valence-corrected chi connectivity index (χ2v) is 4.59. The fourth-order valence-corrected chi connectivity index (χ4v) is 1.30. The van der Waals surface area contributed by atoms with Gasteiger partial charge < -0.3 is 34.6 Å². The molecule has 3 atom stereocenters. The third-order valence-electron chi connectivity index (χ3n) is 2.51. The largest absolute Gasteiger partial charge is 0.394 e. The summed E-state index contributed by atoms with van der Waals surface area (Å²) in [5.41, 5.74) is 0. The Bertz CT molecular complexity index is 203. The normalized spacial score (nSPS) is 16.1. The minimum atomic E-state index is -0.971. The second-order valence-electron chi connectivity index (χ2n) is 4.59. The number of rotatable bonds is 14. The average Bonchev–Trinajstić information content (AvgIpc) is 2.46. The summed E-state index contributed by atoms with van der Waals surface area (Å²) >= 11 is 0. The standard InChI is InChI=1S/C13H28O7/c1-2-3-4-18-7-12(17)8-19-10-13(6-15)20-9-11(16)5-14/h11-17H,2-10H2,1H3. The molecular weight excluding hydrogens is 268 g/mol. The molecule has 3 unspecified atom stereocenters. The van der Waals surface area contributed by atoms with E-state index in [2.05, 4.69) is 6.92 Å². The van der Waals surface area contributed by atoms with Gasteiger partial charge in [0.2, 0.25) is 0 Å². The molecule has 0 aromatic carbocycles. The van der Waals surface area contributed by atoms with Crippen molar-refractivity contribution in [1.29, 1.82) is 0 Å². The van der Waals surface area contributed by atoms with Gasteiger partial charge in [-0.1, -0.05) is 13.3 Å². The number of aliphatic hydroxyl groups excluding tert-OH is 4. The summed E-state index contributed by atoms with van der Waals surface area (Å²) in [6.07, 6.45) is -0.275. The van der Waals surface area contributed by atoms with Crippen molar-refractivity contribution in [3.63, 3.8) is 0 Å². The summed E-state index contributed by atoms with van der Waals surface area (Å²) in [5.74, 6) is 0. The maximum absolute atomic E-state index is 9.56. The Kier molecular flexibility index (Phi) is 13.5. The fraction of sp³-hybridized carbons (Fsp3) is 1.00. The first-order valence-electron chi connectivity index (χ1n) is 6.98. The third-order valence-corrected chi connectivity index (χ3v) is 2.51. The van der Waals surface area contributed by atoms with Crippen LogP contribution in [0.4, 0.5) is 0 Å². The molecule has 7 nitrogen and oxygen atoms in total. The molecule has 122 valence electrons. The summed E-state index contributed by atoms with van der Waals surface area (Å²) in [5, 5.41) is 36.3. The predicted octanol–water partition coefficient (Wildman–Crippen LogP) is -1.09. The van der Waals surface area contributed by atoms with Crippen molar-refractivity contribution in [3.8, 4) is 0 Å². The van der Waals surface area contributed by atoms with Crippen LogP contribution in [0.1, 0.15) is 19.8 Å². The average molecular weight is 296 g/mol. The first-order chi connectivity index (χ1) is 9.63. The predicted molar refractivity (Wildman–Crippen MR) is 72.5 cm³/mol. The van der Waals surface area contributed by atoms with Crippen molar-refractivity contribution in [3.05, 3.63) is 0 Å². The second kappa shape index (κ2) is 13.7. The molecule has 0 spiro atoms. The molecule has 0 bridgehead atoms. The zero-order chi connectivity index (χ0) is 15.2. The Morgan fingerprint density at radius 3 is 2.15 bits per heavy atom. The Labute approximate surface area is 120 Å². The van der Waals surface area contributed by atoms with Crippen LogP contribution in [0.25, 0.3) is 0 Å². The van der Waals surface area contributed by atoms with Crippen LogP contribution in [0, 0.1) is 0 Å². The van der Waals surface area contributed by atoms with Crippen LogP contribution in [-0.2, 0) is 14.2 Å². The van der Waals surface area contributed by atoms with Crippen molar-refractivity contribution >= 4 is 0 Å². The van der Waals surface area contributed by atoms with Crippen molar-refractivity contribution in [2.45, 2.75) is 38.1 Å². The number of ether oxygens (including phenoxy) is 3. The van der Waals surface area contributed by atoms with Crippen molar-refractivity contribution < 1.29 is 34.6 Å². The van der Waals surface area contributed by atoms with Gasteiger partial charge in [-0.3, -0.25) is 0 Å². The zero-order valence-corrected chi connectivity index (χ0v) is 12.1. The van der Waals surface area contributed by atoms with E-state index in [1.807, 2.05) is 0 Å². The molecule has 0 rings (SSSR count). The molecule has 0 aromatic heterocycles. The Hall–Kier alpha value is -0.280. The molecule has 0 fully saturated rings. The molecule has 0 radical (unpaired) electrons. The minimum Gasteiger partial charge on any atom is -0.394 e. The highest BCUT2D eigenvalue weighted by Crippen LogP contribution is 1.97. The van der Waals surface area contributed by atoms with Crippen molar-refractivity contribution in [1.82, 2.24) is 0 Å². The van der Waals surface area contributed by atoms with Crippen LogP contribution >= 0.6 is 0 Å². The van der Waals surface area contributed by atoms with Gasteiger partial charge in [-0.25, -0.2) is 0 Å². The highest BCUT2D eigenvalue weighted by atomic mass is 16.6. The highest BCUT2D eigenvalue weighted by molar-refractivity contribution is 4.59. The molecule has 4 N–H and O–H groups in total. The molecule has 0 amide bonds. The van der Waals surface area contributed by atoms with E-state index >= 15 is 0 Å². The smallest absolute Gasteiger partial charge is 0.104 e. The van der Waals surface area contributed by atoms with E-state index in [0.717, 1.165) is 12.8 Å². The lowest BCUT2D eigenvalue weighted by Crippen LogP contribution is -2.31. The molecule has 7 heteroatoms. The van der Waals surface area contributed by atoms with Gasteiger partial charge in [-0.05, 0) is 6.42 Å². The molecule has 0 aliphatic carbocycles. The van der Waals surface area contributed by atoms with Gasteiger partial charge >= 0.3 is 0 Å². The SMILES string of the molecule is CCCCOCC(O)COCC(CO)OCC(O)CO. The lowest BCUT2D eigenvalue weighted by molar-refractivity contribution is -0.0904. The van der Waals surface area contributed by atoms with Crippen LogP contribution in [-0.4, -0.2) is 85.0 Å². The number of hydrogen-bond donors (Lipinski definition) is 4. The molecular formula is C13H28O7. The maximum Gasteiger partial charge on any atom is 0.104 e. The molecule has 0 heterocycles. The maximum atomic E-state index is 9.56. The monoisotopic (exact) mass is 296 g/mol.